The average molecular weight is 718 g/mol. The highest BCUT2D eigenvalue weighted by Crippen LogP contribution is 2.43. The van der Waals surface area contributed by atoms with Crippen molar-refractivity contribution in [2.75, 3.05) is 0 Å². The zero-order chi connectivity index (χ0) is 37.0. The third-order valence-electron chi connectivity index (χ3n) is 10.7. The van der Waals surface area contributed by atoms with Crippen LogP contribution in [0.4, 0.5) is 0 Å². The minimum atomic E-state index is 0.676. The van der Waals surface area contributed by atoms with Crippen LogP contribution in [0.1, 0.15) is 0 Å². The highest BCUT2D eigenvalue weighted by Gasteiger charge is 2.19. The summed E-state index contributed by atoms with van der Waals surface area (Å²) >= 11 is 0. The van der Waals surface area contributed by atoms with Gasteiger partial charge in [0.05, 0.1) is 11.4 Å². The topological polar surface area (TPSA) is 65.0 Å². The van der Waals surface area contributed by atoms with E-state index in [2.05, 4.69) is 126 Å². The van der Waals surface area contributed by atoms with Gasteiger partial charge in [-0.05, 0) is 76.3 Å². The first-order valence-electron chi connectivity index (χ1n) is 18.7. The Labute approximate surface area is 322 Å². The van der Waals surface area contributed by atoms with Crippen molar-refractivity contribution in [1.82, 2.24) is 15.0 Å². The second kappa shape index (κ2) is 13.0. The van der Waals surface area contributed by atoms with E-state index in [0.717, 1.165) is 105 Å². The number of nitrogens with zero attached hydrogens (tertiary/aromatic N) is 3. The molecule has 0 atom stereocenters. The minimum absolute atomic E-state index is 0.676. The van der Waals surface area contributed by atoms with Crippen molar-refractivity contribution in [2.45, 2.75) is 0 Å². The monoisotopic (exact) mass is 717 g/mol. The van der Waals surface area contributed by atoms with Crippen molar-refractivity contribution >= 4 is 43.9 Å². The Morgan fingerprint density at radius 2 is 0.946 bits per heavy atom. The number of aromatic nitrogens is 3. The Balaban J connectivity index is 1.04. The highest BCUT2D eigenvalue weighted by atomic mass is 16.3. The molecule has 0 aliphatic heterocycles. The zero-order valence-corrected chi connectivity index (χ0v) is 30.1. The molecule has 11 aromatic rings. The van der Waals surface area contributed by atoms with Gasteiger partial charge in [0, 0.05) is 56.2 Å². The van der Waals surface area contributed by atoms with Crippen molar-refractivity contribution in [2.24, 2.45) is 0 Å². The van der Waals surface area contributed by atoms with Gasteiger partial charge in [-0.15, -0.1) is 0 Å². The molecule has 4 aromatic heterocycles. The van der Waals surface area contributed by atoms with Crippen molar-refractivity contribution in [3.63, 3.8) is 0 Å². The standard InChI is InChI=1S/C51H31N3O2/c1-2-10-35(11-3-1)51-53-44(31-45(54-51)40-13-5-4-12-37(40)33-26-28-52-29-27-33)34-20-18-32(19-21-34)38-23-24-39(50-49(38)42-15-7-9-17-47(42)56-50)36-22-25-48-43(30-36)41-14-6-8-16-46(41)55-48/h1-31H. The molecule has 0 spiro atoms. The van der Waals surface area contributed by atoms with Crippen molar-refractivity contribution < 1.29 is 8.83 Å². The van der Waals surface area contributed by atoms with Gasteiger partial charge in [0.1, 0.15) is 22.3 Å². The molecule has 4 heterocycles. The molecular weight excluding hydrogens is 687 g/mol. The number of furan rings is 2. The molecule has 0 radical (unpaired) electrons. The van der Waals surface area contributed by atoms with E-state index >= 15 is 0 Å². The lowest BCUT2D eigenvalue weighted by Crippen LogP contribution is -1.97. The summed E-state index contributed by atoms with van der Waals surface area (Å²) in [5.74, 6) is 0.676. The quantitative estimate of drug-likeness (QED) is 0.171. The molecular formula is C51H31N3O2. The fourth-order valence-corrected chi connectivity index (χ4v) is 7.95. The fraction of sp³-hybridized carbons (Fsp3) is 0. The summed E-state index contributed by atoms with van der Waals surface area (Å²) in [6.07, 6.45) is 3.65. The Bertz CT molecular complexity index is 3240. The molecule has 5 nitrogen and oxygen atoms in total. The zero-order valence-electron chi connectivity index (χ0n) is 30.1. The maximum absolute atomic E-state index is 6.68. The van der Waals surface area contributed by atoms with E-state index in [1.54, 1.807) is 0 Å². The third-order valence-corrected chi connectivity index (χ3v) is 10.7. The highest BCUT2D eigenvalue weighted by molar-refractivity contribution is 6.17. The van der Waals surface area contributed by atoms with Crippen LogP contribution in [0.3, 0.4) is 0 Å². The molecule has 7 aromatic carbocycles. The van der Waals surface area contributed by atoms with E-state index in [1.165, 1.54) is 0 Å². The van der Waals surface area contributed by atoms with Crippen molar-refractivity contribution in [3.05, 3.63) is 188 Å². The van der Waals surface area contributed by atoms with Gasteiger partial charge in [-0.3, -0.25) is 4.98 Å². The van der Waals surface area contributed by atoms with E-state index in [9.17, 15) is 0 Å². The summed E-state index contributed by atoms with van der Waals surface area (Å²) in [5, 5.41) is 4.36. The fourth-order valence-electron chi connectivity index (χ4n) is 7.95. The molecule has 11 rings (SSSR count). The molecule has 0 amide bonds. The van der Waals surface area contributed by atoms with E-state index < -0.39 is 0 Å². The smallest absolute Gasteiger partial charge is 0.160 e. The summed E-state index contributed by atoms with van der Waals surface area (Å²) in [6.45, 7) is 0. The third kappa shape index (κ3) is 5.37. The number of para-hydroxylation sites is 2. The second-order valence-corrected chi connectivity index (χ2v) is 14.0. The molecule has 0 saturated heterocycles. The van der Waals surface area contributed by atoms with Crippen molar-refractivity contribution in [3.8, 4) is 67.3 Å². The molecule has 0 aliphatic rings. The van der Waals surface area contributed by atoms with Crippen LogP contribution < -0.4 is 0 Å². The van der Waals surface area contributed by atoms with Crippen LogP contribution in [0, 0.1) is 0 Å². The van der Waals surface area contributed by atoms with Crippen LogP contribution in [-0.2, 0) is 0 Å². The molecule has 0 unspecified atom stereocenters. The molecule has 262 valence electrons. The number of fused-ring (bicyclic) bond motifs is 6. The van der Waals surface area contributed by atoms with E-state index in [-0.39, 0.29) is 0 Å². The first-order chi connectivity index (χ1) is 27.7. The van der Waals surface area contributed by atoms with Gasteiger partial charge in [-0.1, -0.05) is 127 Å². The maximum Gasteiger partial charge on any atom is 0.160 e. The number of benzene rings is 7. The van der Waals surface area contributed by atoms with Gasteiger partial charge in [-0.25, -0.2) is 9.97 Å². The van der Waals surface area contributed by atoms with E-state index in [1.807, 2.05) is 67.0 Å². The van der Waals surface area contributed by atoms with Crippen molar-refractivity contribution in [1.29, 1.82) is 0 Å². The lowest BCUT2D eigenvalue weighted by Gasteiger charge is -2.13. The second-order valence-electron chi connectivity index (χ2n) is 14.0. The summed E-state index contributed by atoms with van der Waals surface area (Å²) in [6, 6.07) is 60.7. The SMILES string of the molecule is c1ccc(-c2nc(-c3ccc(-c4ccc(-c5ccc6oc7ccccc7c6c5)c5oc6ccccc6c45)cc3)cc(-c3ccccc3-c3ccncc3)n2)cc1. The molecule has 0 bridgehead atoms. The number of rotatable bonds is 6. The van der Waals surface area contributed by atoms with Gasteiger partial charge in [0.2, 0.25) is 0 Å². The van der Waals surface area contributed by atoms with Gasteiger partial charge in [0.25, 0.3) is 0 Å². The minimum Gasteiger partial charge on any atom is -0.456 e. The Kier molecular flexibility index (Phi) is 7.42. The number of hydrogen-bond donors (Lipinski definition) is 0. The van der Waals surface area contributed by atoms with Gasteiger partial charge < -0.3 is 8.83 Å². The first-order valence-corrected chi connectivity index (χ1v) is 18.7. The average Bonchev–Trinajstić information content (AvgIpc) is 3.85. The molecule has 0 fully saturated rings. The van der Waals surface area contributed by atoms with Gasteiger partial charge in [0.15, 0.2) is 5.82 Å². The molecule has 0 aliphatic carbocycles. The summed E-state index contributed by atoms with van der Waals surface area (Å²) in [5.41, 5.74) is 14.7. The predicted octanol–water partition coefficient (Wildman–Crippen LogP) is 13.7. The normalized spacial score (nSPS) is 11.6. The molecule has 56 heavy (non-hydrogen) atoms. The summed E-state index contributed by atoms with van der Waals surface area (Å²) in [7, 11) is 0. The van der Waals surface area contributed by atoms with Crippen LogP contribution in [0.25, 0.3) is 111 Å². The number of pyridine rings is 1. The van der Waals surface area contributed by atoms with Gasteiger partial charge in [-0.2, -0.15) is 0 Å². The Morgan fingerprint density at radius 1 is 0.339 bits per heavy atom. The molecule has 5 heteroatoms. The maximum atomic E-state index is 6.68. The lowest BCUT2D eigenvalue weighted by molar-refractivity contribution is 0.668. The Morgan fingerprint density at radius 3 is 1.77 bits per heavy atom. The van der Waals surface area contributed by atoms with Crippen LogP contribution >= 0.6 is 0 Å². The van der Waals surface area contributed by atoms with E-state index in [4.69, 9.17) is 18.8 Å². The largest absolute Gasteiger partial charge is 0.456 e. The van der Waals surface area contributed by atoms with Crippen LogP contribution in [0.2, 0.25) is 0 Å². The summed E-state index contributed by atoms with van der Waals surface area (Å²) in [4.78, 5) is 14.5. The number of hydrogen-bond acceptors (Lipinski definition) is 5. The van der Waals surface area contributed by atoms with Crippen LogP contribution in [0.5, 0.6) is 0 Å². The van der Waals surface area contributed by atoms with E-state index in [0.29, 0.717) is 5.82 Å². The molecule has 0 N–H and O–H groups in total. The van der Waals surface area contributed by atoms with Gasteiger partial charge >= 0.3 is 0 Å². The van der Waals surface area contributed by atoms with Crippen LogP contribution in [-0.4, -0.2) is 15.0 Å². The lowest BCUT2D eigenvalue weighted by atomic mass is 9.93. The molecule has 0 saturated carbocycles. The Hall–Kier alpha value is -7.63. The first kappa shape index (κ1) is 31.9. The summed E-state index contributed by atoms with van der Waals surface area (Å²) < 4.78 is 12.8. The van der Waals surface area contributed by atoms with Crippen LogP contribution in [0.15, 0.2) is 197 Å². The predicted molar refractivity (Wildman–Crippen MR) is 227 cm³/mol.